The van der Waals surface area contributed by atoms with Crippen molar-refractivity contribution in [2.45, 2.75) is 24.5 Å². The Hall–Kier alpha value is -1.87. The average Bonchev–Trinajstić information content (AvgIpc) is 3.12. The molecule has 1 unspecified atom stereocenters. The molecule has 26 heavy (non-hydrogen) atoms. The van der Waals surface area contributed by atoms with E-state index in [1.165, 1.54) is 17.7 Å². The quantitative estimate of drug-likeness (QED) is 0.813. The predicted octanol–water partition coefficient (Wildman–Crippen LogP) is 1.70. The standard InChI is InChI=1S/C17H21N3O4S.ClH/c1-2-12-3-5-13(6-4-12)14-11-19-9-10-20(14)17(21)15-7-8-16(24-15)25(18,22)23;/h3-8,14,19H,2,9-11H2,1H3,(H2,18,22,23);1H. The van der Waals surface area contributed by atoms with Crippen LogP contribution in [0, 0.1) is 0 Å². The molecule has 0 saturated carbocycles. The summed E-state index contributed by atoms with van der Waals surface area (Å²) in [5.74, 6) is -0.373. The van der Waals surface area contributed by atoms with Crippen LogP contribution in [0.2, 0.25) is 0 Å². The molecule has 0 spiro atoms. The van der Waals surface area contributed by atoms with E-state index in [2.05, 4.69) is 24.4 Å². The number of amides is 1. The van der Waals surface area contributed by atoms with E-state index in [0.29, 0.717) is 19.6 Å². The normalized spacial score (nSPS) is 17.6. The van der Waals surface area contributed by atoms with Crippen LogP contribution in [0.5, 0.6) is 0 Å². The first kappa shape index (κ1) is 20.4. The first-order chi connectivity index (χ1) is 11.9. The Morgan fingerprint density at radius 1 is 1.27 bits per heavy atom. The minimum Gasteiger partial charge on any atom is -0.438 e. The number of carbonyl (C=O) groups is 1. The third-order valence-electron chi connectivity index (χ3n) is 4.35. The second kappa shape index (κ2) is 8.22. The van der Waals surface area contributed by atoms with Gasteiger partial charge in [-0.25, -0.2) is 13.6 Å². The minimum absolute atomic E-state index is 0. The Bertz CT molecular complexity index is 864. The Kier molecular flexibility index (Phi) is 6.46. The number of nitrogens with zero attached hydrogens (tertiary/aromatic N) is 1. The molecule has 1 amide bonds. The average molecular weight is 400 g/mol. The van der Waals surface area contributed by atoms with Crippen LogP contribution in [0.3, 0.4) is 0 Å². The molecule has 3 N–H and O–H groups in total. The molecule has 0 aliphatic carbocycles. The lowest BCUT2D eigenvalue weighted by Crippen LogP contribution is -2.48. The molecular formula is C17H22ClN3O4S. The predicted molar refractivity (Wildman–Crippen MR) is 99.8 cm³/mol. The molecule has 1 saturated heterocycles. The highest BCUT2D eigenvalue weighted by Crippen LogP contribution is 2.25. The molecular weight excluding hydrogens is 378 g/mol. The van der Waals surface area contributed by atoms with Crippen LogP contribution >= 0.6 is 12.4 Å². The first-order valence-electron chi connectivity index (χ1n) is 8.13. The van der Waals surface area contributed by atoms with Crippen molar-refractivity contribution < 1.29 is 17.6 Å². The minimum atomic E-state index is -3.97. The van der Waals surface area contributed by atoms with Crippen molar-refractivity contribution in [3.63, 3.8) is 0 Å². The fourth-order valence-electron chi connectivity index (χ4n) is 2.95. The van der Waals surface area contributed by atoms with Crippen molar-refractivity contribution in [3.05, 3.63) is 53.3 Å². The summed E-state index contributed by atoms with van der Waals surface area (Å²) in [7, 11) is -3.97. The van der Waals surface area contributed by atoms with Gasteiger partial charge in [-0.1, -0.05) is 31.2 Å². The number of piperazine rings is 1. The molecule has 2 heterocycles. The van der Waals surface area contributed by atoms with Gasteiger partial charge in [0.15, 0.2) is 5.76 Å². The number of nitrogens with two attached hydrogens (primary N) is 1. The van der Waals surface area contributed by atoms with Gasteiger partial charge in [0.1, 0.15) is 0 Å². The molecule has 0 bridgehead atoms. The molecule has 142 valence electrons. The molecule has 1 aromatic heterocycles. The van der Waals surface area contributed by atoms with Gasteiger partial charge in [0.2, 0.25) is 5.09 Å². The van der Waals surface area contributed by atoms with E-state index in [0.717, 1.165) is 12.0 Å². The summed E-state index contributed by atoms with van der Waals surface area (Å²) < 4.78 is 27.8. The van der Waals surface area contributed by atoms with E-state index >= 15 is 0 Å². The Morgan fingerprint density at radius 3 is 2.54 bits per heavy atom. The number of aryl methyl sites for hydroxylation is 1. The molecule has 7 nitrogen and oxygen atoms in total. The van der Waals surface area contributed by atoms with E-state index in [9.17, 15) is 13.2 Å². The third kappa shape index (κ3) is 4.27. The Balaban J connectivity index is 0.00000243. The van der Waals surface area contributed by atoms with Gasteiger partial charge in [-0.05, 0) is 29.7 Å². The Labute approximate surface area is 159 Å². The van der Waals surface area contributed by atoms with Crippen LogP contribution in [0.15, 0.2) is 45.9 Å². The largest absolute Gasteiger partial charge is 0.438 e. The maximum atomic E-state index is 12.8. The maximum Gasteiger partial charge on any atom is 0.290 e. The van der Waals surface area contributed by atoms with E-state index in [4.69, 9.17) is 9.56 Å². The van der Waals surface area contributed by atoms with Gasteiger partial charge in [0, 0.05) is 19.6 Å². The topological polar surface area (TPSA) is 106 Å². The van der Waals surface area contributed by atoms with Crippen LogP contribution in [-0.4, -0.2) is 38.9 Å². The van der Waals surface area contributed by atoms with Crippen LogP contribution in [-0.2, 0) is 16.4 Å². The summed E-state index contributed by atoms with van der Waals surface area (Å²) in [4.78, 5) is 14.5. The summed E-state index contributed by atoms with van der Waals surface area (Å²) in [6.07, 6.45) is 0.953. The SMILES string of the molecule is CCc1ccc(C2CNCCN2C(=O)c2ccc(S(N)(=O)=O)o2)cc1.Cl. The summed E-state index contributed by atoms with van der Waals surface area (Å²) >= 11 is 0. The van der Waals surface area contributed by atoms with Crippen LogP contribution < -0.4 is 10.5 Å². The zero-order valence-corrected chi connectivity index (χ0v) is 16.0. The number of benzene rings is 1. The van der Waals surface area contributed by atoms with Crippen LogP contribution in [0.25, 0.3) is 0 Å². The van der Waals surface area contributed by atoms with Crippen molar-refractivity contribution in [1.82, 2.24) is 10.2 Å². The van der Waals surface area contributed by atoms with Crippen LogP contribution in [0.1, 0.15) is 34.6 Å². The van der Waals surface area contributed by atoms with E-state index < -0.39 is 15.1 Å². The van der Waals surface area contributed by atoms with E-state index in [1.807, 2.05) is 12.1 Å². The van der Waals surface area contributed by atoms with Gasteiger partial charge < -0.3 is 14.6 Å². The number of nitrogens with one attached hydrogen (secondary N) is 1. The van der Waals surface area contributed by atoms with Crippen LogP contribution in [0.4, 0.5) is 0 Å². The fraction of sp³-hybridized carbons (Fsp3) is 0.353. The molecule has 2 aromatic rings. The first-order valence-corrected chi connectivity index (χ1v) is 9.68. The van der Waals surface area contributed by atoms with Gasteiger partial charge in [-0.3, -0.25) is 4.79 Å². The molecule has 0 radical (unpaired) electrons. The molecule has 1 aliphatic rings. The van der Waals surface area contributed by atoms with Gasteiger partial charge in [-0.15, -0.1) is 12.4 Å². The molecule has 1 aromatic carbocycles. The number of sulfonamides is 1. The molecule has 1 atom stereocenters. The maximum absolute atomic E-state index is 12.8. The highest BCUT2D eigenvalue weighted by Gasteiger charge is 2.30. The highest BCUT2D eigenvalue weighted by molar-refractivity contribution is 7.89. The number of hydrogen-bond donors (Lipinski definition) is 2. The number of furan rings is 1. The molecule has 1 aliphatic heterocycles. The number of rotatable bonds is 4. The summed E-state index contributed by atoms with van der Waals surface area (Å²) in [5.41, 5.74) is 2.25. The van der Waals surface area contributed by atoms with Gasteiger partial charge >= 0.3 is 0 Å². The van der Waals surface area contributed by atoms with Crippen molar-refractivity contribution in [3.8, 4) is 0 Å². The van der Waals surface area contributed by atoms with Crippen molar-refractivity contribution in [2.24, 2.45) is 5.14 Å². The highest BCUT2D eigenvalue weighted by atomic mass is 35.5. The monoisotopic (exact) mass is 399 g/mol. The second-order valence-electron chi connectivity index (χ2n) is 5.98. The van der Waals surface area contributed by atoms with Crippen molar-refractivity contribution in [2.75, 3.05) is 19.6 Å². The van der Waals surface area contributed by atoms with Gasteiger partial charge in [-0.2, -0.15) is 0 Å². The number of primary sulfonamides is 1. The summed E-state index contributed by atoms with van der Waals surface area (Å²) in [6, 6.07) is 10.6. The van der Waals surface area contributed by atoms with E-state index in [1.54, 1.807) is 4.90 Å². The summed E-state index contributed by atoms with van der Waals surface area (Å²) in [5, 5.41) is 7.92. The number of hydrogen-bond acceptors (Lipinski definition) is 5. The van der Waals surface area contributed by atoms with Gasteiger partial charge in [0.05, 0.1) is 6.04 Å². The number of halogens is 1. The summed E-state index contributed by atoms with van der Waals surface area (Å²) in [6.45, 7) is 3.88. The lowest BCUT2D eigenvalue weighted by molar-refractivity contribution is 0.0596. The molecule has 9 heteroatoms. The van der Waals surface area contributed by atoms with Crippen molar-refractivity contribution in [1.29, 1.82) is 0 Å². The number of carbonyl (C=O) groups excluding carboxylic acids is 1. The lowest BCUT2D eigenvalue weighted by Gasteiger charge is -2.36. The third-order valence-corrected chi connectivity index (χ3v) is 5.13. The van der Waals surface area contributed by atoms with Crippen molar-refractivity contribution >= 4 is 28.3 Å². The Morgan fingerprint density at radius 2 is 1.96 bits per heavy atom. The molecule has 3 rings (SSSR count). The molecule has 1 fully saturated rings. The van der Waals surface area contributed by atoms with E-state index in [-0.39, 0.29) is 30.1 Å². The van der Waals surface area contributed by atoms with Gasteiger partial charge in [0.25, 0.3) is 15.9 Å². The fourth-order valence-corrected chi connectivity index (χ4v) is 3.41. The smallest absolute Gasteiger partial charge is 0.290 e. The zero-order valence-electron chi connectivity index (χ0n) is 14.3. The lowest BCUT2D eigenvalue weighted by atomic mass is 10.0. The zero-order chi connectivity index (χ0) is 18.0. The second-order valence-corrected chi connectivity index (χ2v) is 7.47.